The van der Waals surface area contributed by atoms with E-state index in [-0.39, 0.29) is 11.9 Å². The van der Waals surface area contributed by atoms with Crippen LogP contribution in [-0.4, -0.2) is 43.0 Å². The van der Waals surface area contributed by atoms with E-state index in [1.807, 2.05) is 24.3 Å². The van der Waals surface area contributed by atoms with E-state index in [1.54, 1.807) is 24.3 Å². The molecule has 29 heavy (non-hydrogen) atoms. The number of carbonyl (C=O) groups excluding carboxylic acids is 2. The standard InChI is InChI=1S/C23H29ClN2O3/c1-3-26(4-2)16-17-29-23(28)19-10-14-21(15-11-19)25-22(27)7-5-6-18-8-12-20(24)13-9-18/h8-15H,3-7,16-17H2,1-2H3,(H,25,27). The molecular formula is C23H29ClN2O3. The Morgan fingerprint density at radius 3 is 2.28 bits per heavy atom. The van der Waals surface area contributed by atoms with Gasteiger partial charge in [0.15, 0.2) is 0 Å². The van der Waals surface area contributed by atoms with Crippen molar-refractivity contribution in [2.75, 3.05) is 31.6 Å². The fourth-order valence-corrected chi connectivity index (χ4v) is 3.03. The molecule has 6 heteroatoms. The van der Waals surface area contributed by atoms with Crippen LogP contribution in [0.2, 0.25) is 5.02 Å². The third-order valence-electron chi connectivity index (χ3n) is 4.72. The highest BCUT2D eigenvalue weighted by atomic mass is 35.5. The van der Waals surface area contributed by atoms with Crippen molar-refractivity contribution in [3.8, 4) is 0 Å². The Balaban J connectivity index is 1.72. The highest BCUT2D eigenvalue weighted by molar-refractivity contribution is 6.30. The first kappa shape index (κ1) is 22.9. The van der Waals surface area contributed by atoms with Gasteiger partial charge in [0.2, 0.25) is 5.91 Å². The SMILES string of the molecule is CCN(CC)CCOC(=O)c1ccc(NC(=O)CCCc2ccc(Cl)cc2)cc1. The predicted octanol–water partition coefficient (Wildman–Crippen LogP) is 4.80. The van der Waals surface area contributed by atoms with Crippen LogP contribution in [0.1, 0.15) is 42.6 Å². The average molecular weight is 417 g/mol. The molecule has 0 aliphatic carbocycles. The molecule has 0 saturated carbocycles. The summed E-state index contributed by atoms with van der Waals surface area (Å²) in [6, 6.07) is 14.4. The summed E-state index contributed by atoms with van der Waals surface area (Å²) < 4.78 is 5.31. The van der Waals surface area contributed by atoms with Crippen molar-refractivity contribution in [3.05, 3.63) is 64.7 Å². The average Bonchev–Trinajstić information content (AvgIpc) is 2.73. The Bertz CT molecular complexity index is 772. The fraction of sp³-hybridized carbons (Fsp3) is 0.391. The quantitative estimate of drug-likeness (QED) is 0.534. The molecule has 0 saturated heterocycles. The lowest BCUT2D eigenvalue weighted by Crippen LogP contribution is -2.27. The van der Waals surface area contributed by atoms with Crippen LogP contribution in [0.15, 0.2) is 48.5 Å². The number of hydrogen-bond donors (Lipinski definition) is 1. The first-order chi connectivity index (χ1) is 14.0. The Hall–Kier alpha value is -2.37. The van der Waals surface area contributed by atoms with Gasteiger partial charge in [0.25, 0.3) is 0 Å². The summed E-state index contributed by atoms with van der Waals surface area (Å²) in [5.74, 6) is -0.397. The maximum atomic E-state index is 12.1. The minimum Gasteiger partial charge on any atom is -0.461 e. The van der Waals surface area contributed by atoms with Crippen molar-refractivity contribution in [2.45, 2.75) is 33.1 Å². The molecule has 0 atom stereocenters. The topological polar surface area (TPSA) is 58.6 Å². The number of aryl methyl sites for hydroxylation is 1. The minimum absolute atomic E-state index is 0.0477. The molecule has 156 valence electrons. The highest BCUT2D eigenvalue weighted by Crippen LogP contribution is 2.14. The molecule has 0 aliphatic rings. The number of rotatable bonds is 11. The van der Waals surface area contributed by atoms with E-state index in [0.717, 1.165) is 38.0 Å². The zero-order valence-electron chi connectivity index (χ0n) is 17.1. The van der Waals surface area contributed by atoms with Crippen molar-refractivity contribution in [2.24, 2.45) is 0 Å². The van der Waals surface area contributed by atoms with E-state index in [2.05, 4.69) is 24.1 Å². The molecular weight excluding hydrogens is 388 g/mol. The summed E-state index contributed by atoms with van der Waals surface area (Å²) in [6.45, 7) is 7.12. The van der Waals surface area contributed by atoms with Crippen LogP contribution in [0, 0.1) is 0 Å². The number of nitrogens with zero attached hydrogens (tertiary/aromatic N) is 1. The van der Waals surface area contributed by atoms with Gasteiger partial charge in [0.05, 0.1) is 5.56 Å². The molecule has 0 heterocycles. The van der Waals surface area contributed by atoms with Gasteiger partial charge in [0, 0.05) is 23.7 Å². The van der Waals surface area contributed by atoms with E-state index in [4.69, 9.17) is 16.3 Å². The molecule has 2 aromatic carbocycles. The zero-order chi connectivity index (χ0) is 21.1. The zero-order valence-corrected chi connectivity index (χ0v) is 17.9. The van der Waals surface area contributed by atoms with Gasteiger partial charge in [-0.1, -0.05) is 37.6 Å². The maximum absolute atomic E-state index is 12.1. The number of hydrogen-bond acceptors (Lipinski definition) is 4. The van der Waals surface area contributed by atoms with Crippen LogP contribution in [-0.2, 0) is 16.0 Å². The van der Waals surface area contributed by atoms with Crippen LogP contribution in [0.3, 0.4) is 0 Å². The van der Waals surface area contributed by atoms with E-state index in [9.17, 15) is 9.59 Å². The summed E-state index contributed by atoms with van der Waals surface area (Å²) in [5.41, 5.74) is 2.30. The molecule has 2 aromatic rings. The number of nitrogens with one attached hydrogen (secondary N) is 1. The van der Waals surface area contributed by atoms with Crippen LogP contribution in [0.4, 0.5) is 5.69 Å². The normalized spacial score (nSPS) is 10.8. The summed E-state index contributed by atoms with van der Waals surface area (Å²) in [7, 11) is 0. The Kier molecular flexibility index (Phi) is 9.68. The van der Waals surface area contributed by atoms with Gasteiger partial charge in [-0.15, -0.1) is 0 Å². The summed E-state index contributed by atoms with van der Waals surface area (Å²) in [5, 5.41) is 3.57. The second-order valence-corrected chi connectivity index (χ2v) is 7.20. The highest BCUT2D eigenvalue weighted by Gasteiger charge is 2.09. The van der Waals surface area contributed by atoms with Gasteiger partial charge in [0.1, 0.15) is 6.61 Å². The van der Waals surface area contributed by atoms with E-state index in [1.165, 1.54) is 0 Å². The summed E-state index contributed by atoms with van der Waals surface area (Å²) >= 11 is 5.87. The Morgan fingerprint density at radius 1 is 1.00 bits per heavy atom. The predicted molar refractivity (Wildman–Crippen MR) is 118 cm³/mol. The second-order valence-electron chi connectivity index (χ2n) is 6.77. The summed E-state index contributed by atoms with van der Waals surface area (Å²) in [4.78, 5) is 26.4. The van der Waals surface area contributed by atoms with Crippen molar-refractivity contribution < 1.29 is 14.3 Å². The van der Waals surface area contributed by atoms with Crippen molar-refractivity contribution in [1.82, 2.24) is 4.90 Å². The number of likely N-dealkylation sites (N-methyl/N-ethyl adjacent to an activating group) is 1. The van der Waals surface area contributed by atoms with Gasteiger partial charge >= 0.3 is 5.97 Å². The summed E-state index contributed by atoms with van der Waals surface area (Å²) in [6.07, 6.45) is 2.01. The van der Waals surface area contributed by atoms with Crippen molar-refractivity contribution in [1.29, 1.82) is 0 Å². The molecule has 0 aliphatic heterocycles. The molecule has 0 fully saturated rings. The lowest BCUT2D eigenvalue weighted by molar-refractivity contribution is -0.116. The Labute approximate surface area is 178 Å². The minimum atomic E-state index is -0.349. The largest absolute Gasteiger partial charge is 0.461 e. The molecule has 2 rings (SSSR count). The van der Waals surface area contributed by atoms with Gasteiger partial charge in [-0.05, 0) is 67.9 Å². The van der Waals surface area contributed by atoms with Crippen LogP contribution < -0.4 is 5.32 Å². The lowest BCUT2D eigenvalue weighted by atomic mass is 10.1. The number of halogens is 1. The number of ether oxygens (including phenoxy) is 1. The Morgan fingerprint density at radius 2 is 1.66 bits per heavy atom. The second kappa shape index (κ2) is 12.2. The van der Waals surface area contributed by atoms with E-state index >= 15 is 0 Å². The molecule has 5 nitrogen and oxygen atoms in total. The fourth-order valence-electron chi connectivity index (χ4n) is 2.91. The third-order valence-corrected chi connectivity index (χ3v) is 4.97. The van der Waals surface area contributed by atoms with Gasteiger partial charge in [-0.2, -0.15) is 0 Å². The first-order valence-electron chi connectivity index (χ1n) is 10.1. The number of carbonyl (C=O) groups is 2. The van der Waals surface area contributed by atoms with Crippen molar-refractivity contribution >= 4 is 29.2 Å². The molecule has 0 radical (unpaired) electrons. The number of benzene rings is 2. The van der Waals surface area contributed by atoms with Gasteiger partial charge in [-0.3, -0.25) is 4.79 Å². The lowest BCUT2D eigenvalue weighted by Gasteiger charge is -2.17. The maximum Gasteiger partial charge on any atom is 0.338 e. The molecule has 1 N–H and O–H groups in total. The monoisotopic (exact) mass is 416 g/mol. The van der Waals surface area contributed by atoms with E-state index in [0.29, 0.717) is 29.3 Å². The van der Waals surface area contributed by atoms with E-state index < -0.39 is 0 Å². The van der Waals surface area contributed by atoms with Crippen molar-refractivity contribution in [3.63, 3.8) is 0 Å². The molecule has 0 bridgehead atoms. The third kappa shape index (κ3) is 8.26. The van der Waals surface area contributed by atoms with Gasteiger partial charge < -0.3 is 15.0 Å². The molecule has 0 aromatic heterocycles. The van der Waals surface area contributed by atoms with Crippen LogP contribution in [0.25, 0.3) is 0 Å². The molecule has 0 spiro atoms. The van der Waals surface area contributed by atoms with Crippen LogP contribution >= 0.6 is 11.6 Å². The van der Waals surface area contributed by atoms with Crippen LogP contribution in [0.5, 0.6) is 0 Å². The first-order valence-corrected chi connectivity index (χ1v) is 10.4. The number of esters is 1. The smallest absolute Gasteiger partial charge is 0.338 e. The number of amides is 1. The molecule has 0 unspecified atom stereocenters. The van der Waals surface area contributed by atoms with Gasteiger partial charge in [-0.25, -0.2) is 4.79 Å². The molecule has 1 amide bonds. The number of anilines is 1.